The van der Waals surface area contributed by atoms with E-state index >= 15 is 0 Å². The quantitative estimate of drug-likeness (QED) is 0.452. The minimum atomic E-state index is -1.29. The zero-order valence-corrected chi connectivity index (χ0v) is 19.1. The summed E-state index contributed by atoms with van der Waals surface area (Å²) in [5.74, 6) is -3.15. The number of urea groups is 1. The molecule has 0 saturated carbocycles. The highest BCUT2D eigenvalue weighted by molar-refractivity contribution is 5.97. The zero-order chi connectivity index (χ0) is 25.8. The molecule has 2 aliphatic heterocycles. The van der Waals surface area contributed by atoms with Gasteiger partial charge < -0.3 is 15.2 Å². The molecule has 1 aromatic carbocycles. The van der Waals surface area contributed by atoms with Crippen LogP contribution < -0.4 is 10.7 Å². The van der Waals surface area contributed by atoms with Crippen LogP contribution in [0.4, 0.5) is 4.79 Å². The molecule has 2 aromatic rings. The third kappa shape index (κ3) is 5.09. The molecule has 0 unspecified atom stereocenters. The van der Waals surface area contributed by atoms with E-state index in [0.29, 0.717) is 18.2 Å². The number of fused-ring (bicyclic) bond motifs is 2. The number of aliphatic carboxylic acids is 1. The second kappa shape index (κ2) is 10.4. The number of benzene rings is 1. The Morgan fingerprint density at radius 2 is 1.92 bits per heavy atom. The number of nitrogens with one attached hydrogen (secondary N) is 2. The molecule has 13 heteroatoms. The summed E-state index contributed by atoms with van der Waals surface area (Å²) in [5, 5.41) is 15.2. The second-order valence-electron chi connectivity index (χ2n) is 8.38. The molecule has 3 heterocycles. The Labute approximate surface area is 205 Å². The molecule has 36 heavy (non-hydrogen) atoms. The van der Waals surface area contributed by atoms with E-state index in [1.165, 1.54) is 6.07 Å². The molecular formula is C23H24N6O7. The van der Waals surface area contributed by atoms with Gasteiger partial charge in [-0.2, -0.15) is 0 Å². The van der Waals surface area contributed by atoms with E-state index in [0.717, 1.165) is 20.4 Å². The molecule has 2 saturated heterocycles. The van der Waals surface area contributed by atoms with Crippen LogP contribution in [0.15, 0.2) is 36.4 Å². The van der Waals surface area contributed by atoms with Crippen LogP contribution in [0, 0.1) is 0 Å². The number of nitrogens with zero attached hydrogens (tertiary/aromatic N) is 4. The number of carboxylic acids is 1. The number of hydrogen-bond acceptors (Lipinski definition) is 7. The van der Waals surface area contributed by atoms with E-state index in [1.807, 2.05) is 12.1 Å². The lowest BCUT2D eigenvalue weighted by Gasteiger charge is -2.42. The zero-order valence-electron chi connectivity index (χ0n) is 19.1. The van der Waals surface area contributed by atoms with Crippen molar-refractivity contribution in [3.05, 3.63) is 42.1 Å². The van der Waals surface area contributed by atoms with Crippen LogP contribution in [0.25, 0.3) is 10.9 Å². The molecule has 0 bridgehead atoms. The summed E-state index contributed by atoms with van der Waals surface area (Å²) in [4.78, 5) is 78.5. The second-order valence-corrected chi connectivity index (χ2v) is 8.38. The minimum Gasteiger partial charge on any atom is -0.481 e. The Morgan fingerprint density at radius 3 is 2.67 bits per heavy atom. The first kappa shape index (κ1) is 24.6. The number of rotatable bonds is 7. The van der Waals surface area contributed by atoms with Crippen LogP contribution in [0.2, 0.25) is 0 Å². The Morgan fingerprint density at radius 1 is 1.14 bits per heavy atom. The van der Waals surface area contributed by atoms with E-state index in [2.05, 4.69) is 15.7 Å². The fraction of sp³-hybridized carbons (Fsp3) is 0.348. The van der Waals surface area contributed by atoms with Crippen LogP contribution >= 0.6 is 0 Å². The van der Waals surface area contributed by atoms with Crippen molar-refractivity contribution in [2.24, 2.45) is 0 Å². The molecule has 2 atom stereocenters. The molecule has 3 N–H and O–H groups in total. The van der Waals surface area contributed by atoms with Gasteiger partial charge >= 0.3 is 12.0 Å². The van der Waals surface area contributed by atoms with Crippen molar-refractivity contribution in [2.75, 3.05) is 13.1 Å². The highest BCUT2D eigenvalue weighted by atomic mass is 16.4. The molecule has 1 aromatic heterocycles. The summed E-state index contributed by atoms with van der Waals surface area (Å²) in [5.41, 5.74) is 3.13. The van der Waals surface area contributed by atoms with Gasteiger partial charge in [0.1, 0.15) is 18.0 Å². The predicted molar refractivity (Wildman–Crippen MR) is 123 cm³/mol. The number of pyridine rings is 1. The summed E-state index contributed by atoms with van der Waals surface area (Å²) in [7, 11) is 0. The number of para-hydroxylation sites is 1. The number of carboxylic acid groups (broad SMARTS) is 1. The van der Waals surface area contributed by atoms with Crippen LogP contribution in [0.1, 0.15) is 36.2 Å². The normalized spacial score (nSPS) is 18.8. The first-order valence-electron chi connectivity index (χ1n) is 11.3. The van der Waals surface area contributed by atoms with E-state index in [-0.39, 0.29) is 31.6 Å². The lowest BCUT2D eigenvalue weighted by molar-refractivity contribution is -0.155. The van der Waals surface area contributed by atoms with Crippen molar-refractivity contribution >= 4 is 46.9 Å². The Balaban J connectivity index is 1.54. The first-order chi connectivity index (χ1) is 17.3. The highest BCUT2D eigenvalue weighted by Crippen LogP contribution is 2.24. The third-order valence-corrected chi connectivity index (χ3v) is 5.92. The maximum atomic E-state index is 13.4. The topological polar surface area (TPSA) is 169 Å². The largest absolute Gasteiger partial charge is 0.481 e. The summed E-state index contributed by atoms with van der Waals surface area (Å²) in [6, 6.07) is 7.16. The highest BCUT2D eigenvalue weighted by Gasteiger charge is 2.44. The Kier molecular flexibility index (Phi) is 7.08. The Bertz CT molecular complexity index is 1230. The fourth-order valence-corrected chi connectivity index (χ4v) is 4.19. The maximum Gasteiger partial charge on any atom is 0.358 e. The number of aromatic nitrogens is 1. The van der Waals surface area contributed by atoms with Gasteiger partial charge in [-0.05, 0) is 25.0 Å². The van der Waals surface area contributed by atoms with Gasteiger partial charge in [0.25, 0.3) is 5.91 Å². The van der Waals surface area contributed by atoms with Gasteiger partial charge in [-0.15, -0.1) is 0 Å². The van der Waals surface area contributed by atoms with Gasteiger partial charge in [0.2, 0.25) is 11.8 Å². The molecule has 0 aliphatic carbocycles. The number of aldehydes is 1. The van der Waals surface area contributed by atoms with Gasteiger partial charge in [-0.3, -0.25) is 24.6 Å². The van der Waals surface area contributed by atoms with Crippen LogP contribution in [-0.4, -0.2) is 86.3 Å². The first-order valence-corrected chi connectivity index (χ1v) is 11.3. The molecule has 0 spiro atoms. The third-order valence-electron chi connectivity index (χ3n) is 5.92. The van der Waals surface area contributed by atoms with Crippen molar-refractivity contribution in [1.29, 1.82) is 0 Å². The molecule has 0 radical (unpaired) electrons. The van der Waals surface area contributed by atoms with E-state index in [1.54, 1.807) is 18.2 Å². The summed E-state index contributed by atoms with van der Waals surface area (Å²) in [6.45, 7) is 0.0584. The van der Waals surface area contributed by atoms with Gasteiger partial charge in [0, 0.05) is 18.4 Å². The van der Waals surface area contributed by atoms with Crippen LogP contribution in [0.3, 0.4) is 0 Å². The molecule has 188 valence electrons. The molecule has 4 rings (SSSR count). The van der Waals surface area contributed by atoms with Crippen molar-refractivity contribution in [2.45, 2.75) is 37.8 Å². The molecular weight excluding hydrogens is 472 g/mol. The standard InChI is InChI=1S/C23H24N6O7/c30-13-15(12-20(32)33)24-22(35)18-6-3-10-28-19(31)9-11-27(23(36)29(18)28)26-21(34)17-8-7-14-4-1-2-5-16(14)25-17/h1-2,4-5,7-8,13,15,18H,3,6,9-12H2,(H,24,35)(H,26,34)(H,32,33)/t15-,18-/m0/s1. The van der Waals surface area contributed by atoms with Gasteiger partial charge in [0.05, 0.1) is 24.5 Å². The SMILES string of the molecule is O=C[C@H](CC(=O)O)NC(=O)[C@@H]1CCCN2C(=O)CCN(NC(=O)c3ccc4ccccc4n3)C(=O)N12. The number of hydrogen-bond donors (Lipinski definition) is 3. The van der Waals surface area contributed by atoms with Gasteiger partial charge in [-0.1, -0.05) is 24.3 Å². The average Bonchev–Trinajstić information content (AvgIpc) is 2.99. The van der Waals surface area contributed by atoms with Crippen molar-refractivity contribution in [1.82, 2.24) is 30.8 Å². The average molecular weight is 496 g/mol. The van der Waals surface area contributed by atoms with E-state index in [9.17, 15) is 28.8 Å². The minimum absolute atomic E-state index is 0.0596. The number of hydrazine groups is 2. The lowest BCUT2D eigenvalue weighted by Crippen LogP contribution is -2.64. The molecule has 2 fully saturated rings. The van der Waals surface area contributed by atoms with Crippen molar-refractivity contribution in [3.63, 3.8) is 0 Å². The molecule has 2 aliphatic rings. The monoisotopic (exact) mass is 496 g/mol. The number of amides is 5. The predicted octanol–water partition coefficient (Wildman–Crippen LogP) is 0.0717. The fourth-order valence-electron chi connectivity index (χ4n) is 4.19. The smallest absolute Gasteiger partial charge is 0.358 e. The van der Waals surface area contributed by atoms with Crippen molar-refractivity contribution < 1.29 is 33.9 Å². The van der Waals surface area contributed by atoms with E-state index in [4.69, 9.17) is 5.11 Å². The maximum absolute atomic E-state index is 13.4. The van der Waals surface area contributed by atoms with Gasteiger partial charge in [-0.25, -0.2) is 24.8 Å². The summed E-state index contributed by atoms with van der Waals surface area (Å²) < 4.78 is 0. The summed E-state index contributed by atoms with van der Waals surface area (Å²) in [6.07, 6.45) is 0.155. The van der Waals surface area contributed by atoms with Crippen molar-refractivity contribution in [3.8, 4) is 0 Å². The molecule has 13 nitrogen and oxygen atoms in total. The van der Waals surface area contributed by atoms with Crippen LogP contribution in [0.5, 0.6) is 0 Å². The lowest BCUT2D eigenvalue weighted by atomic mass is 10.1. The number of carbonyl (C=O) groups is 6. The Hall–Kier alpha value is -4.55. The number of carbonyl (C=O) groups excluding carboxylic acids is 5. The van der Waals surface area contributed by atoms with E-state index < -0.39 is 48.2 Å². The summed E-state index contributed by atoms with van der Waals surface area (Å²) >= 11 is 0. The van der Waals surface area contributed by atoms with Crippen LogP contribution in [-0.2, 0) is 19.2 Å². The van der Waals surface area contributed by atoms with Gasteiger partial charge in [0.15, 0.2) is 0 Å². The molecule has 5 amide bonds.